The summed E-state index contributed by atoms with van der Waals surface area (Å²) in [6.07, 6.45) is 5.45. The van der Waals surface area contributed by atoms with Gasteiger partial charge in [-0.05, 0) is 42.4 Å². The average molecular weight is 302 g/mol. The number of carbonyl (C=O) groups excluding carboxylic acids is 1. The lowest BCUT2D eigenvalue weighted by Crippen LogP contribution is -2.49. The highest BCUT2D eigenvalue weighted by Crippen LogP contribution is 2.22. The second kappa shape index (κ2) is 7.25. The SMILES string of the molecule is O=C(Cc1ccc2c(c1)CCCC2)N1CCN(CCO)CC1. The van der Waals surface area contributed by atoms with Gasteiger partial charge in [0.25, 0.3) is 0 Å². The number of piperazine rings is 1. The summed E-state index contributed by atoms with van der Waals surface area (Å²) in [6.45, 7) is 4.22. The molecule has 120 valence electrons. The van der Waals surface area contributed by atoms with Crippen LogP contribution in [0, 0.1) is 0 Å². The number of nitrogens with zero attached hydrogens (tertiary/aromatic N) is 2. The third-order valence-electron chi connectivity index (χ3n) is 4.91. The van der Waals surface area contributed by atoms with E-state index in [1.807, 2.05) is 4.90 Å². The van der Waals surface area contributed by atoms with E-state index in [0.29, 0.717) is 13.0 Å². The van der Waals surface area contributed by atoms with Gasteiger partial charge < -0.3 is 10.0 Å². The van der Waals surface area contributed by atoms with E-state index in [1.54, 1.807) is 0 Å². The molecule has 3 rings (SSSR count). The summed E-state index contributed by atoms with van der Waals surface area (Å²) < 4.78 is 0. The van der Waals surface area contributed by atoms with Crippen LogP contribution < -0.4 is 0 Å². The van der Waals surface area contributed by atoms with Gasteiger partial charge in [-0.25, -0.2) is 0 Å². The van der Waals surface area contributed by atoms with Gasteiger partial charge in [0.15, 0.2) is 0 Å². The van der Waals surface area contributed by atoms with Crippen LogP contribution in [-0.2, 0) is 24.1 Å². The van der Waals surface area contributed by atoms with E-state index in [4.69, 9.17) is 5.11 Å². The normalized spacial score (nSPS) is 19.0. The third kappa shape index (κ3) is 3.68. The summed E-state index contributed by atoms with van der Waals surface area (Å²) in [5, 5.41) is 8.96. The second-order valence-electron chi connectivity index (χ2n) is 6.43. The first kappa shape index (κ1) is 15.5. The molecule has 1 aliphatic carbocycles. The molecular weight excluding hydrogens is 276 g/mol. The van der Waals surface area contributed by atoms with E-state index in [0.717, 1.165) is 38.2 Å². The molecule has 0 bridgehead atoms. The highest BCUT2D eigenvalue weighted by Gasteiger charge is 2.21. The standard InChI is InChI=1S/C18H26N2O2/c21-12-11-19-7-9-20(10-8-19)18(22)14-15-5-6-16-3-1-2-4-17(16)13-15/h5-6,13,21H,1-4,7-12,14H2. The van der Waals surface area contributed by atoms with Crippen LogP contribution in [0.4, 0.5) is 0 Å². The van der Waals surface area contributed by atoms with Crippen molar-refractivity contribution in [2.45, 2.75) is 32.1 Å². The summed E-state index contributed by atoms with van der Waals surface area (Å²) in [4.78, 5) is 16.6. The number of hydrogen-bond acceptors (Lipinski definition) is 3. The van der Waals surface area contributed by atoms with Gasteiger partial charge in [-0.15, -0.1) is 0 Å². The quantitative estimate of drug-likeness (QED) is 0.910. The van der Waals surface area contributed by atoms with Crippen LogP contribution in [0.25, 0.3) is 0 Å². The highest BCUT2D eigenvalue weighted by atomic mass is 16.3. The summed E-state index contributed by atoms with van der Waals surface area (Å²) >= 11 is 0. The Hall–Kier alpha value is -1.39. The van der Waals surface area contributed by atoms with Crippen LogP contribution in [0.2, 0.25) is 0 Å². The fourth-order valence-corrected chi connectivity index (χ4v) is 3.55. The van der Waals surface area contributed by atoms with Crippen molar-refractivity contribution in [2.24, 2.45) is 0 Å². The van der Waals surface area contributed by atoms with Crippen LogP contribution in [-0.4, -0.2) is 60.1 Å². The fourth-order valence-electron chi connectivity index (χ4n) is 3.55. The van der Waals surface area contributed by atoms with Crippen molar-refractivity contribution in [2.75, 3.05) is 39.3 Å². The number of benzene rings is 1. The van der Waals surface area contributed by atoms with E-state index in [1.165, 1.54) is 30.4 Å². The highest BCUT2D eigenvalue weighted by molar-refractivity contribution is 5.79. The average Bonchev–Trinajstić information content (AvgIpc) is 2.56. The van der Waals surface area contributed by atoms with Crippen LogP contribution >= 0.6 is 0 Å². The number of β-amino-alcohol motifs (C(OH)–C–C–N with tert-alkyl or cyclic N) is 1. The molecule has 0 saturated carbocycles. The lowest BCUT2D eigenvalue weighted by Gasteiger charge is -2.34. The molecule has 0 unspecified atom stereocenters. The largest absolute Gasteiger partial charge is 0.395 e. The number of rotatable bonds is 4. The molecule has 4 nitrogen and oxygen atoms in total. The monoisotopic (exact) mass is 302 g/mol. The zero-order valence-corrected chi connectivity index (χ0v) is 13.3. The van der Waals surface area contributed by atoms with Gasteiger partial charge >= 0.3 is 0 Å². The first-order valence-corrected chi connectivity index (χ1v) is 8.48. The van der Waals surface area contributed by atoms with Crippen LogP contribution in [0.5, 0.6) is 0 Å². The van der Waals surface area contributed by atoms with Gasteiger partial charge in [0.1, 0.15) is 0 Å². The van der Waals surface area contributed by atoms with Crippen molar-refractivity contribution in [1.29, 1.82) is 0 Å². The first-order valence-electron chi connectivity index (χ1n) is 8.48. The number of aryl methyl sites for hydroxylation is 2. The predicted molar refractivity (Wildman–Crippen MR) is 86.9 cm³/mol. The van der Waals surface area contributed by atoms with Crippen molar-refractivity contribution in [3.05, 3.63) is 34.9 Å². The van der Waals surface area contributed by atoms with Crippen molar-refractivity contribution in [1.82, 2.24) is 9.80 Å². The first-order chi connectivity index (χ1) is 10.8. The maximum atomic E-state index is 12.5. The minimum Gasteiger partial charge on any atom is -0.395 e. The fraction of sp³-hybridized carbons (Fsp3) is 0.611. The Morgan fingerprint density at radius 2 is 1.77 bits per heavy atom. The number of amides is 1. The molecule has 1 aliphatic heterocycles. The van der Waals surface area contributed by atoms with Gasteiger partial charge in [0.05, 0.1) is 13.0 Å². The molecular formula is C18H26N2O2. The van der Waals surface area contributed by atoms with Gasteiger partial charge in [-0.2, -0.15) is 0 Å². The molecule has 22 heavy (non-hydrogen) atoms. The number of aliphatic hydroxyl groups is 1. The molecule has 1 fully saturated rings. The Morgan fingerprint density at radius 3 is 2.50 bits per heavy atom. The molecule has 1 heterocycles. The summed E-state index contributed by atoms with van der Waals surface area (Å²) in [7, 11) is 0. The van der Waals surface area contributed by atoms with Gasteiger partial charge in [0.2, 0.25) is 5.91 Å². The molecule has 2 aliphatic rings. The Labute approximate surface area is 132 Å². The molecule has 1 saturated heterocycles. The lowest BCUT2D eigenvalue weighted by atomic mass is 9.90. The smallest absolute Gasteiger partial charge is 0.227 e. The maximum absolute atomic E-state index is 12.5. The van der Waals surface area contributed by atoms with Crippen LogP contribution in [0.3, 0.4) is 0 Å². The van der Waals surface area contributed by atoms with Crippen LogP contribution in [0.1, 0.15) is 29.5 Å². The third-order valence-corrected chi connectivity index (χ3v) is 4.91. The molecule has 1 aromatic carbocycles. The van der Waals surface area contributed by atoms with Gasteiger partial charge in [-0.1, -0.05) is 18.2 Å². The number of carbonyl (C=O) groups is 1. The molecule has 0 atom stereocenters. The minimum absolute atomic E-state index is 0.197. The van der Waals surface area contributed by atoms with E-state index in [2.05, 4.69) is 23.1 Å². The molecule has 4 heteroatoms. The topological polar surface area (TPSA) is 43.8 Å². The summed E-state index contributed by atoms with van der Waals surface area (Å²) in [6, 6.07) is 6.59. The van der Waals surface area contributed by atoms with Crippen molar-refractivity contribution >= 4 is 5.91 Å². The Morgan fingerprint density at radius 1 is 1.05 bits per heavy atom. The van der Waals surface area contributed by atoms with Crippen molar-refractivity contribution in [3.8, 4) is 0 Å². The Kier molecular flexibility index (Phi) is 5.11. The lowest BCUT2D eigenvalue weighted by molar-refractivity contribution is -0.132. The molecule has 1 N–H and O–H groups in total. The zero-order chi connectivity index (χ0) is 15.4. The van der Waals surface area contributed by atoms with Crippen molar-refractivity contribution in [3.63, 3.8) is 0 Å². The van der Waals surface area contributed by atoms with E-state index in [-0.39, 0.29) is 12.5 Å². The number of hydrogen-bond donors (Lipinski definition) is 1. The van der Waals surface area contributed by atoms with E-state index >= 15 is 0 Å². The number of fused-ring (bicyclic) bond motifs is 1. The minimum atomic E-state index is 0.197. The zero-order valence-electron chi connectivity index (χ0n) is 13.3. The second-order valence-corrected chi connectivity index (χ2v) is 6.43. The van der Waals surface area contributed by atoms with Gasteiger partial charge in [-0.3, -0.25) is 9.69 Å². The molecule has 0 radical (unpaired) electrons. The Balaban J connectivity index is 1.56. The predicted octanol–water partition coefficient (Wildman–Crippen LogP) is 1.24. The maximum Gasteiger partial charge on any atom is 0.227 e. The molecule has 1 aromatic rings. The molecule has 0 spiro atoms. The molecule has 0 aromatic heterocycles. The van der Waals surface area contributed by atoms with E-state index in [9.17, 15) is 4.79 Å². The van der Waals surface area contributed by atoms with Gasteiger partial charge in [0, 0.05) is 32.7 Å². The Bertz CT molecular complexity index is 522. The van der Waals surface area contributed by atoms with Crippen molar-refractivity contribution < 1.29 is 9.90 Å². The summed E-state index contributed by atoms with van der Waals surface area (Å²) in [5.74, 6) is 0.236. The number of aliphatic hydroxyl groups excluding tert-OH is 1. The van der Waals surface area contributed by atoms with Crippen LogP contribution in [0.15, 0.2) is 18.2 Å². The summed E-state index contributed by atoms with van der Waals surface area (Å²) in [5.41, 5.74) is 4.08. The van der Waals surface area contributed by atoms with E-state index < -0.39 is 0 Å². The molecule has 1 amide bonds.